The summed E-state index contributed by atoms with van der Waals surface area (Å²) < 4.78 is 0. The van der Waals surface area contributed by atoms with Gasteiger partial charge in [0.1, 0.15) is 18.3 Å². The van der Waals surface area contributed by atoms with Crippen LogP contribution in [0.5, 0.6) is 0 Å². The lowest BCUT2D eigenvalue weighted by molar-refractivity contribution is -0.120. The minimum absolute atomic E-state index is 0.0744. The molecule has 0 radical (unpaired) electrons. The van der Waals surface area contributed by atoms with Crippen molar-refractivity contribution < 1.29 is 14.7 Å². The monoisotopic (exact) mass is 165 g/mol. The lowest BCUT2D eigenvalue weighted by Crippen LogP contribution is -2.33. The lowest BCUT2D eigenvalue weighted by Gasteiger charge is -2.02. The average Bonchev–Trinajstić information content (AvgIpc) is 1.99. The number of aldehydes is 1. The van der Waals surface area contributed by atoms with Crippen LogP contribution >= 0.6 is 11.6 Å². The van der Waals surface area contributed by atoms with Gasteiger partial charge in [-0.25, -0.2) is 0 Å². The molecule has 0 saturated carbocycles. The molecule has 1 unspecified atom stereocenters. The van der Waals surface area contributed by atoms with Crippen LogP contribution in [0.2, 0.25) is 0 Å². The normalized spacial score (nSPS) is 12.2. The Bertz CT molecular complexity index is 128. The van der Waals surface area contributed by atoms with Crippen LogP contribution in [0.3, 0.4) is 0 Å². The minimum atomic E-state index is -1.13. The fraction of sp³-hybridized carbons (Fsp3) is 0.600. The Morgan fingerprint density at radius 3 is 2.80 bits per heavy atom. The van der Waals surface area contributed by atoms with E-state index in [1.807, 2.05) is 0 Å². The predicted molar refractivity (Wildman–Crippen MR) is 35.8 cm³/mol. The van der Waals surface area contributed by atoms with E-state index in [1.165, 1.54) is 0 Å². The van der Waals surface area contributed by atoms with Crippen LogP contribution in [0.1, 0.15) is 0 Å². The van der Waals surface area contributed by atoms with Crippen molar-refractivity contribution in [3.05, 3.63) is 0 Å². The van der Waals surface area contributed by atoms with E-state index in [4.69, 9.17) is 16.7 Å². The molecular weight excluding hydrogens is 158 g/mol. The van der Waals surface area contributed by atoms with Crippen LogP contribution in [0.25, 0.3) is 0 Å². The SMILES string of the molecule is O=CC(O)CNC(=O)CCl. The Hall–Kier alpha value is -0.610. The molecule has 0 heterocycles. The molecular formula is C5H8ClNO3. The summed E-state index contributed by atoms with van der Waals surface area (Å²) in [6.45, 7) is -0.0744. The van der Waals surface area contributed by atoms with Gasteiger partial charge in [-0.3, -0.25) is 4.79 Å². The molecule has 0 fully saturated rings. The van der Waals surface area contributed by atoms with Crippen molar-refractivity contribution in [3.63, 3.8) is 0 Å². The van der Waals surface area contributed by atoms with Crippen LogP contribution in [-0.4, -0.2) is 35.8 Å². The van der Waals surface area contributed by atoms with Gasteiger partial charge in [0.2, 0.25) is 5.91 Å². The van der Waals surface area contributed by atoms with Crippen molar-refractivity contribution >= 4 is 23.8 Å². The fourth-order valence-electron chi connectivity index (χ4n) is 0.314. The van der Waals surface area contributed by atoms with Crippen LogP contribution in [0.4, 0.5) is 0 Å². The van der Waals surface area contributed by atoms with Gasteiger partial charge in [-0.15, -0.1) is 11.6 Å². The molecule has 5 heteroatoms. The second-order valence-electron chi connectivity index (χ2n) is 1.64. The molecule has 0 bridgehead atoms. The van der Waals surface area contributed by atoms with E-state index in [-0.39, 0.29) is 12.4 Å². The Labute approximate surface area is 63.2 Å². The fourth-order valence-corrected chi connectivity index (χ4v) is 0.408. The van der Waals surface area contributed by atoms with Crippen molar-refractivity contribution in [3.8, 4) is 0 Å². The van der Waals surface area contributed by atoms with Crippen molar-refractivity contribution in [1.82, 2.24) is 5.32 Å². The first-order valence-corrected chi connectivity index (χ1v) is 3.20. The molecule has 2 N–H and O–H groups in total. The van der Waals surface area contributed by atoms with E-state index in [2.05, 4.69) is 5.32 Å². The highest BCUT2D eigenvalue weighted by molar-refractivity contribution is 6.27. The second kappa shape index (κ2) is 5.20. The Morgan fingerprint density at radius 2 is 2.40 bits per heavy atom. The standard InChI is InChI=1S/C5H8ClNO3/c6-1-5(10)7-2-4(9)3-8/h3-4,9H,1-2H2,(H,7,10). The quantitative estimate of drug-likeness (QED) is 0.411. The summed E-state index contributed by atoms with van der Waals surface area (Å²) in [5.41, 5.74) is 0. The number of aliphatic hydroxyl groups excluding tert-OH is 1. The molecule has 58 valence electrons. The van der Waals surface area contributed by atoms with Gasteiger partial charge < -0.3 is 15.2 Å². The minimum Gasteiger partial charge on any atom is -0.384 e. The summed E-state index contributed by atoms with van der Waals surface area (Å²) in [6.07, 6.45) is -0.790. The molecule has 4 nitrogen and oxygen atoms in total. The zero-order valence-electron chi connectivity index (χ0n) is 5.21. The highest BCUT2D eigenvalue weighted by Gasteiger charge is 2.02. The summed E-state index contributed by atoms with van der Waals surface area (Å²) in [7, 11) is 0. The second-order valence-corrected chi connectivity index (χ2v) is 1.91. The van der Waals surface area contributed by atoms with E-state index in [0.29, 0.717) is 6.29 Å². The van der Waals surface area contributed by atoms with Gasteiger partial charge in [0.15, 0.2) is 0 Å². The number of nitrogens with one attached hydrogen (secondary N) is 1. The maximum absolute atomic E-state index is 10.4. The number of amides is 1. The zero-order valence-corrected chi connectivity index (χ0v) is 5.97. The molecule has 0 aliphatic carbocycles. The first-order chi connectivity index (χ1) is 4.70. The van der Waals surface area contributed by atoms with Crippen molar-refractivity contribution in [2.75, 3.05) is 12.4 Å². The van der Waals surface area contributed by atoms with Crippen molar-refractivity contribution in [2.24, 2.45) is 0 Å². The van der Waals surface area contributed by atoms with E-state index in [0.717, 1.165) is 0 Å². The largest absolute Gasteiger partial charge is 0.384 e. The molecule has 0 aliphatic heterocycles. The topological polar surface area (TPSA) is 66.4 Å². The van der Waals surface area contributed by atoms with Gasteiger partial charge in [-0.1, -0.05) is 0 Å². The number of aliphatic hydroxyl groups is 1. The van der Waals surface area contributed by atoms with Gasteiger partial charge in [0, 0.05) is 0 Å². The number of carbonyl (C=O) groups excluding carboxylic acids is 2. The number of carbonyl (C=O) groups is 2. The average molecular weight is 166 g/mol. The Morgan fingerprint density at radius 1 is 1.80 bits per heavy atom. The summed E-state index contributed by atoms with van der Waals surface area (Å²) >= 11 is 5.10. The molecule has 0 aromatic carbocycles. The molecule has 0 saturated heterocycles. The molecule has 0 aromatic rings. The maximum Gasteiger partial charge on any atom is 0.235 e. The van der Waals surface area contributed by atoms with E-state index >= 15 is 0 Å². The van der Waals surface area contributed by atoms with E-state index in [9.17, 15) is 9.59 Å². The summed E-state index contributed by atoms with van der Waals surface area (Å²) in [5, 5.41) is 10.8. The third kappa shape index (κ3) is 4.29. The third-order valence-electron chi connectivity index (χ3n) is 0.787. The van der Waals surface area contributed by atoms with Crippen LogP contribution < -0.4 is 5.32 Å². The smallest absolute Gasteiger partial charge is 0.235 e. The van der Waals surface area contributed by atoms with Crippen molar-refractivity contribution in [2.45, 2.75) is 6.10 Å². The summed E-state index contributed by atoms with van der Waals surface area (Å²) in [5.74, 6) is -0.562. The van der Waals surface area contributed by atoms with Gasteiger partial charge in [0.05, 0.1) is 6.54 Å². The Balaban J connectivity index is 3.34. The molecule has 0 aromatic heterocycles. The molecule has 0 spiro atoms. The predicted octanol–water partition coefficient (Wildman–Crippen LogP) is -1.10. The first kappa shape index (κ1) is 9.39. The maximum atomic E-state index is 10.4. The highest BCUT2D eigenvalue weighted by Crippen LogP contribution is 1.76. The molecule has 0 aliphatic rings. The molecule has 10 heavy (non-hydrogen) atoms. The number of rotatable bonds is 4. The van der Waals surface area contributed by atoms with Crippen LogP contribution in [-0.2, 0) is 9.59 Å². The van der Waals surface area contributed by atoms with E-state index in [1.54, 1.807) is 0 Å². The van der Waals surface area contributed by atoms with E-state index < -0.39 is 12.0 Å². The number of hydrogen-bond acceptors (Lipinski definition) is 3. The number of alkyl halides is 1. The first-order valence-electron chi connectivity index (χ1n) is 2.66. The Kier molecular flexibility index (Phi) is 4.88. The summed E-state index contributed by atoms with van der Waals surface area (Å²) in [6, 6.07) is 0. The molecule has 1 atom stereocenters. The number of hydrogen-bond donors (Lipinski definition) is 2. The van der Waals surface area contributed by atoms with Gasteiger partial charge in [-0.05, 0) is 0 Å². The van der Waals surface area contributed by atoms with Gasteiger partial charge in [-0.2, -0.15) is 0 Å². The zero-order chi connectivity index (χ0) is 7.98. The van der Waals surface area contributed by atoms with Crippen LogP contribution in [0.15, 0.2) is 0 Å². The van der Waals surface area contributed by atoms with Gasteiger partial charge >= 0.3 is 0 Å². The lowest BCUT2D eigenvalue weighted by atomic mass is 10.4. The molecule has 1 amide bonds. The highest BCUT2D eigenvalue weighted by atomic mass is 35.5. The third-order valence-corrected chi connectivity index (χ3v) is 1.03. The van der Waals surface area contributed by atoms with Crippen LogP contribution in [0, 0.1) is 0 Å². The summed E-state index contributed by atoms with van der Waals surface area (Å²) in [4.78, 5) is 20.1. The molecule has 0 rings (SSSR count). The number of halogens is 1. The van der Waals surface area contributed by atoms with Crippen molar-refractivity contribution in [1.29, 1.82) is 0 Å². The van der Waals surface area contributed by atoms with Gasteiger partial charge in [0.25, 0.3) is 0 Å².